The number of aryl methyl sites for hydroxylation is 1. The minimum atomic E-state index is -0.711. The van der Waals surface area contributed by atoms with E-state index < -0.39 is 11.8 Å². The van der Waals surface area contributed by atoms with E-state index in [4.69, 9.17) is 9.78 Å². The first-order valence-electron chi connectivity index (χ1n) is 4.55. The molecule has 0 saturated carbocycles. The third-order valence-electron chi connectivity index (χ3n) is 1.85. The molecular weight excluding hydrogens is 196 g/mol. The van der Waals surface area contributed by atoms with Crippen LogP contribution >= 0.6 is 0 Å². The fourth-order valence-corrected chi connectivity index (χ4v) is 1.04. The van der Waals surface area contributed by atoms with Gasteiger partial charge in [0.05, 0.1) is 6.07 Å². The lowest BCUT2D eigenvalue weighted by Gasteiger charge is -2.10. The summed E-state index contributed by atoms with van der Waals surface area (Å²) in [5, 5.41) is 14.7. The van der Waals surface area contributed by atoms with Gasteiger partial charge in [-0.2, -0.15) is 10.2 Å². The highest BCUT2D eigenvalue weighted by atomic mass is 16.5. The van der Waals surface area contributed by atoms with Gasteiger partial charge in [0.15, 0.2) is 5.82 Å². The zero-order chi connectivity index (χ0) is 11.4. The summed E-state index contributed by atoms with van der Waals surface area (Å²) in [6.45, 7) is 5.24. The van der Waals surface area contributed by atoms with Gasteiger partial charge in [0, 0.05) is 0 Å². The molecule has 0 aliphatic heterocycles. The maximum absolute atomic E-state index is 11.5. The topological polar surface area (TPSA) is 91.8 Å². The molecule has 1 N–H and O–H groups in total. The van der Waals surface area contributed by atoms with Gasteiger partial charge in [-0.15, -0.1) is 0 Å². The molecule has 0 saturated heterocycles. The van der Waals surface area contributed by atoms with E-state index in [1.807, 2.05) is 6.07 Å². The van der Waals surface area contributed by atoms with Crippen molar-refractivity contribution < 1.29 is 9.32 Å². The highest BCUT2D eigenvalue weighted by Gasteiger charge is 2.23. The second-order valence-corrected chi connectivity index (χ2v) is 3.49. The van der Waals surface area contributed by atoms with Gasteiger partial charge in [-0.1, -0.05) is 19.0 Å². The smallest absolute Gasteiger partial charge is 0.315 e. The zero-order valence-electron chi connectivity index (χ0n) is 8.81. The van der Waals surface area contributed by atoms with E-state index in [0.717, 1.165) is 0 Å². The maximum Gasteiger partial charge on any atom is 0.328 e. The van der Waals surface area contributed by atoms with Crippen molar-refractivity contribution in [3.05, 3.63) is 5.82 Å². The molecule has 1 unspecified atom stereocenters. The molecule has 1 aromatic rings. The van der Waals surface area contributed by atoms with E-state index in [2.05, 4.69) is 15.5 Å². The van der Waals surface area contributed by atoms with Crippen LogP contribution in [0.3, 0.4) is 0 Å². The molecule has 1 atom stereocenters. The minimum Gasteiger partial charge on any atom is -0.315 e. The number of hydrogen-bond donors (Lipinski definition) is 1. The Labute approximate surface area is 87.3 Å². The summed E-state index contributed by atoms with van der Waals surface area (Å²) in [6, 6.07) is 1.95. The molecule has 0 aromatic carbocycles. The molecule has 0 aliphatic carbocycles. The van der Waals surface area contributed by atoms with Crippen LogP contribution in [-0.2, 0) is 4.79 Å². The number of nitrogens with one attached hydrogen (secondary N) is 1. The van der Waals surface area contributed by atoms with E-state index in [0.29, 0.717) is 5.82 Å². The molecule has 0 aliphatic rings. The summed E-state index contributed by atoms with van der Waals surface area (Å²) >= 11 is 0. The Balaban J connectivity index is 2.67. The van der Waals surface area contributed by atoms with Crippen LogP contribution in [-0.4, -0.2) is 16.0 Å². The predicted molar refractivity (Wildman–Crippen MR) is 51.6 cm³/mol. The van der Waals surface area contributed by atoms with Gasteiger partial charge in [-0.05, 0) is 12.8 Å². The van der Waals surface area contributed by atoms with Crippen molar-refractivity contribution in [2.24, 2.45) is 11.8 Å². The average molecular weight is 208 g/mol. The van der Waals surface area contributed by atoms with Crippen LogP contribution in [0.15, 0.2) is 4.52 Å². The van der Waals surface area contributed by atoms with Crippen molar-refractivity contribution in [1.29, 1.82) is 5.26 Å². The van der Waals surface area contributed by atoms with Crippen LogP contribution in [0, 0.1) is 30.1 Å². The Morgan fingerprint density at radius 1 is 1.60 bits per heavy atom. The van der Waals surface area contributed by atoms with E-state index in [9.17, 15) is 4.79 Å². The van der Waals surface area contributed by atoms with E-state index in [1.54, 1.807) is 20.8 Å². The van der Waals surface area contributed by atoms with Gasteiger partial charge < -0.3 is 4.52 Å². The minimum absolute atomic E-state index is 0.0263. The van der Waals surface area contributed by atoms with E-state index in [1.165, 1.54) is 0 Å². The Hall–Kier alpha value is -1.90. The second kappa shape index (κ2) is 4.55. The summed E-state index contributed by atoms with van der Waals surface area (Å²) < 4.78 is 4.71. The average Bonchev–Trinajstić information content (AvgIpc) is 2.51. The lowest BCUT2D eigenvalue weighted by molar-refractivity contribution is -0.119. The predicted octanol–water partition coefficient (Wildman–Crippen LogP) is 1.11. The Morgan fingerprint density at radius 3 is 2.67 bits per heavy atom. The van der Waals surface area contributed by atoms with Gasteiger partial charge in [-0.3, -0.25) is 10.1 Å². The highest BCUT2D eigenvalue weighted by Crippen LogP contribution is 2.12. The number of anilines is 1. The third kappa shape index (κ3) is 2.77. The molecule has 0 spiro atoms. The van der Waals surface area contributed by atoms with Crippen molar-refractivity contribution >= 4 is 11.9 Å². The summed E-state index contributed by atoms with van der Waals surface area (Å²) in [5.41, 5.74) is 0. The molecule has 0 radical (unpaired) electrons. The van der Waals surface area contributed by atoms with E-state index >= 15 is 0 Å². The number of carbonyl (C=O) groups excluding carboxylic acids is 1. The summed E-state index contributed by atoms with van der Waals surface area (Å²) in [7, 11) is 0. The third-order valence-corrected chi connectivity index (χ3v) is 1.85. The Morgan fingerprint density at radius 2 is 2.27 bits per heavy atom. The molecule has 1 heterocycles. The number of nitriles is 1. The molecule has 1 amide bonds. The van der Waals surface area contributed by atoms with Crippen molar-refractivity contribution in [2.45, 2.75) is 20.8 Å². The normalized spacial score (nSPS) is 12.2. The number of nitrogens with zero attached hydrogens (tertiary/aromatic N) is 3. The fourth-order valence-electron chi connectivity index (χ4n) is 1.04. The molecule has 1 aromatic heterocycles. The Bertz CT molecular complexity index is 391. The quantitative estimate of drug-likeness (QED) is 0.803. The summed E-state index contributed by atoms with van der Waals surface area (Å²) in [6.07, 6.45) is 0. The van der Waals surface area contributed by atoms with Gasteiger partial charge in [0.25, 0.3) is 0 Å². The van der Waals surface area contributed by atoms with Crippen LogP contribution in [0.1, 0.15) is 19.7 Å². The first-order valence-corrected chi connectivity index (χ1v) is 4.55. The monoisotopic (exact) mass is 208 g/mol. The van der Waals surface area contributed by atoms with Crippen LogP contribution in [0.4, 0.5) is 6.01 Å². The van der Waals surface area contributed by atoms with Gasteiger partial charge in [0.1, 0.15) is 5.92 Å². The summed E-state index contributed by atoms with van der Waals surface area (Å²) in [5.74, 6) is -0.754. The molecule has 0 fully saturated rings. The van der Waals surface area contributed by atoms with Crippen LogP contribution in [0.5, 0.6) is 0 Å². The van der Waals surface area contributed by atoms with Gasteiger partial charge >= 0.3 is 6.01 Å². The van der Waals surface area contributed by atoms with Crippen molar-refractivity contribution in [3.8, 4) is 6.07 Å². The second-order valence-electron chi connectivity index (χ2n) is 3.49. The molecule has 80 valence electrons. The number of hydrogen-bond acceptors (Lipinski definition) is 5. The summed E-state index contributed by atoms with van der Waals surface area (Å²) in [4.78, 5) is 15.3. The largest absolute Gasteiger partial charge is 0.328 e. The van der Waals surface area contributed by atoms with Gasteiger partial charge in [0.2, 0.25) is 5.91 Å². The zero-order valence-corrected chi connectivity index (χ0v) is 8.81. The Kier molecular flexibility index (Phi) is 3.39. The molecule has 6 heteroatoms. The van der Waals surface area contributed by atoms with Crippen molar-refractivity contribution in [3.63, 3.8) is 0 Å². The number of carbonyl (C=O) groups is 1. The van der Waals surface area contributed by atoms with Crippen LogP contribution in [0.2, 0.25) is 0 Å². The standard InChI is InChI=1S/C9H12N4O2/c1-5(2)7(4-10)8(14)12-9-11-6(3)13-15-9/h5,7H,1-3H3,(H,11,12,13,14). The molecule has 0 bridgehead atoms. The maximum atomic E-state index is 11.5. The molecule has 6 nitrogen and oxygen atoms in total. The highest BCUT2D eigenvalue weighted by molar-refractivity contribution is 5.92. The van der Waals surface area contributed by atoms with E-state index in [-0.39, 0.29) is 11.9 Å². The first-order chi connectivity index (χ1) is 7.04. The molecular formula is C9H12N4O2. The molecule has 1 rings (SSSR count). The van der Waals surface area contributed by atoms with Gasteiger partial charge in [-0.25, -0.2) is 0 Å². The fraction of sp³-hybridized carbons (Fsp3) is 0.556. The lowest BCUT2D eigenvalue weighted by Crippen LogP contribution is -2.25. The van der Waals surface area contributed by atoms with Crippen LogP contribution in [0.25, 0.3) is 0 Å². The lowest BCUT2D eigenvalue weighted by atomic mass is 9.97. The number of amides is 1. The number of aromatic nitrogens is 2. The van der Waals surface area contributed by atoms with Crippen molar-refractivity contribution in [1.82, 2.24) is 10.1 Å². The van der Waals surface area contributed by atoms with Crippen molar-refractivity contribution in [2.75, 3.05) is 5.32 Å². The SMILES string of the molecule is Cc1noc(NC(=O)C(C#N)C(C)C)n1. The number of rotatable bonds is 3. The first kappa shape index (κ1) is 11.2. The van der Waals surface area contributed by atoms with Crippen LogP contribution < -0.4 is 5.32 Å². The molecule has 15 heavy (non-hydrogen) atoms.